The number of sulfonamides is 2. The van der Waals surface area contributed by atoms with Crippen molar-refractivity contribution in [3.63, 3.8) is 0 Å². The van der Waals surface area contributed by atoms with Crippen LogP contribution in [0, 0.1) is 0 Å². The maximum absolute atomic E-state index is 13.2. The molecule has 0 aliphatic carbocycles. The van der Waals surface area contributed by atoms with Gasteiger partial charge in [0.15, 0.2) is 22.7 Å². The number of primary sulfonamides is 1. The Morgan fingerprint density at radius 1 is 0.826 bits per heavy atom. The second-order valence-electron chi connectivity index (χ2n) is 9.42. The molecule has 0 bridgehead atoms. The lowest BCUT2D eigenvalue weighted by Gasteiger charge is -2.07. The largest absolute Gasteiger partial charge is 0.436 e. The van der Waals surface area contributed by atoms with Crippen LogP contribution in [0.4, 0.5) is 26.3 Å². The summed E-state index contributed by atoms with van der Waals surface area (Å²) in [7, 11) is -6.26. The zero-order valence-electron chi connectivity index (χ0n) is 24.4. The number of aromatic nitrogens is 6. The Balaban J connectivity index is 0.000000308. The molecule has 0 atom stereocenters. The summed E-state index contributed by atoms with van der Waals surface area (Å²) < 4.78 is 137. The number of nitrogens with zero attached hydrogens (tertiary/aromatic N) is 8. The standard InChI is InChI=1S/C13H16F3N5O2S.C10H11F3N4O2S.ClHO/c1-4-5-9-6-7-10-18-11(13(14,15)16)12(21(10)19-9)24(22,23)17-8-20(2)3;1-2-3-6-4-5-7-15-8(10(11,12)13)9(17(7)16-6)20(14,18)19;1-2/h6-8H,4-5H2,1-3H3;4-5H,2-3H2,1H3,(H2,14,18,19);2H. The van der Waals surface area contributed by atoms with Crippen LogP contribution in [-0.4, -0.2) is 76.0 Å². The first-order valence-corrected chi connectivity index (χ1v) is 16.1. The van der Waals surface area contributed by atoms with E-state index in [1.807, 2.05) is 13.8 Å². The minimum absolute atomic E-state index is 0.208. The number of alkyl halides is 6. The first-order valence-electron chi connectivity index (χ1n) is 12.8. The minimum atomic E-state index is -4.95. The first-order chi connectivity index (χ1) is 21.2. The molecule has 0 spiro atoms. The van der Waals surface area contributed by atoms with E-state index < -0.39 is 53.8 Å². The van der Waals surface area contributed by atoms with Crippen molar-refractivity contribution in [1.29, 1.82) is 0 Å². The molecule has 4 rings (SSSR count). The molecule has 0 radical (unpaired) electrons. The Morgan fingerprint density at radius 3 is 1.57 bits per heavy atom. The summed E-state index contributed by atoms with van der Waals surface area (Å²) in [5.41, 5.74) is -2.59. The van der Waals surface area contributed by atoms with Gasteiger partial charge in [0.05, 0.1) is 23.3 Å². The lowest BCUT2D eigenvalue weighted by molar-refractivity contribution is -0.144. The van der Waals surface area contributed by atoms with E-state index in [4.69, 9.17) is 9.80 Å². The predicted molar refractivity (Wildman–Crippen MR) is 153 cm³/mol. The summed E-state index contributed by atoms with van der Waals surface area (Å²) in [6, 6.07) is 5.61. The lowest BCUT2D eigenvalue weighted by atomic mass is 10.2. The van der Waals surface area contributed by atoms with Crippen molar-refractivity contribution in [2.45, 2.75) is 61.9 Å². The monoisotopic (exact) mass is 723 g/mol. The van der Waals surface area contributed by atoms with Crippen molar-refractivity contribution in [3.05, 3.63) is 47.0 Å². The van der Waals surface area contributed by atoms with Crippen LogP contribution in [0.2, 0.25) is 0 Å². The molecule has 256 valence electrons. The van der Waals surface area contributed by atoms with Crippen molar-refractivity contribution < 1.29 is 47.8 Å². The highest BCUT2D eigenvalue weighted by Crippen LogP contribution is 2.35. The van der Waals surface area contributed by atoms with E-state index in [2.05, 4.69) is 36.4 Å². The topological polar surface area (TPSA) is 191 Å². The molecule has 4 aromatic heterocycles. The van der Waals surface area contributed by atoms with Crippen molar-refractivity contribution >= 4 is 49.5 Å². The smallest absolute Gasteiger partial charge is 0.368 e. The average molecular weight is 724 g/mol. The lowest BCUT2D eigenvalue weighted by Crippen LogP contribution is -2.21. The van der Waals surface area contributed by atoms with Gasteiger partial charge in [0.2, 0.25) is 10.1 Å². The minimum Gasteiger partial charge on any atom is -0.368 e. The maximum Gasteiger partial charge on any atom is 0.436 e. The van der Waals surface area contributed by atoms with Crippen LogP contribution in [0.5, 0.6) is 0 Å². The van der Waals surface area contributed by atoms with Crippen LogP contribution >= 0.6 is 11.9 Å². The summed E-state index contributed by atoms with van der Waals surface area (Å²) in [6.45, 7) is 3.74. The Bertz CT molecular complexity index is 1910. The number of hydrogen-bond acceptors (Lipinski definition) is 9. The molecule has 46 heavy (non-hydrogen) atoms. The number of nitrogens with two attached hydrogens (primary N) is 1. The SMILES string of the molecule is CCCc1ccc2nc(C(F)(F)F)c(S(=O)(=O)N=CN(C)C)n2n1.CCCc1ccc2nc(C(F)(F)F)c(S(N)(=O)=O)n2n1.OCl. The molecule has 0 aliphatic rings. The highest BCUT2D eigenvalue weighted by atomic mass is 35.5. The second-order valence-corrected chi connectivity index (χ2v) is 12.4. The van der Waals surface area contributed by atoms with Gasteiger partial charge in [-0.15, -0.1) is 4.40 Å². The van der Waals surface area contributed by atoms with Gasteiger partial charge >= 0.3 is 22.4 Å². The normalized spacial score (nSPS) is 12.6. The molecular weight excluding hydrogens is 696 g/mol. The number of halogens is 7. The predicted octanol–water partition coefficient (Wildman–Crippen LogP) is 3.46. The van der Waals surface area contributed by atoms with Gasteiger partial charge in [-0.2, -0.15) is 54.0 Å². The molecule has 14 nitrogen and oxygen atoms in total. The van der Waals surface area contributed by atoms with Gasteiger partial charge in [-0.3, -0.25) is 4.66 Å². The molecule has 0 saturated heterocycles. The van der Waals surface area contributed by atoms with Crippen LogP contribution < -0.4 is 5.14 Å². The zero-order valence-corrected chi connectivity index (χ0v) is 26.8. The van der Waals surface area contributed by atoms with Crippen molar-refractivity contribution in [3.8, 4) is 0 Å². The van der Waals surface area contributed by atoms with E-state index in [-0.39, 0.29) is 11.3 Å². The second kappa shape index (κ2) is 14.9. The highest BCUT2D eigenvalue weighted by Gasteiger charge is 2.43. The molecule has 0 amide bonds. The highest BCUT2D eigenvalue weighted by molar-refractivity contribution is 7.90. The fourth-order valence-corrected chi connectivity index (χ4v) is 5.72. The Kier molecular flexibility index (Phi) is 12.5. The zero-order chi connectivity index (χ0) is 35.3. The Hall–Kier alpha value is -3.60. The molecule has 0 saturated carbocycles. The molecule has 4 aromatic rings. The van der Waals surface area contributed by atoms with E-state index in [1.165, 1.54) is 43.3 Å². The summed E-state index contributed by atoms with van der Waals surface area (Å²) >= 11 is 3.64. The van der Waals surface area contributed by atoms with E-state index in [9.17, 15) is 43.2 Å². The average Bonchev–Trinajstić information content (AvgIpc) is 3.53. The molecule has 3 N–H and O–H groups in total. The van der Waals surface area contributed by atoms with E-state index in [0.29, 0.717) is 46.1 Å². The summed E-state index contributed by atoms with van der Waals surface area (Å²) in [4.78, 5) is 7.95. The van der Waals surface area contributed by atoms with Gasteiger partial charge in [-0.25, -0.2) is 23.5 Å². The quantitative estimate of drug-likeness (QED) is 0.155. The number of rotatable bonds is 8. The van der Waals surface area contributed by atoms with Gasteiger partial charge in [0.25, 0.3) is 10.0 Å². The molecule has 4 heterocycles. The van der Waals surface area contributed by atoms with Crippen LogP contribution in [0.15, 0.2) is 38.7 Å². The van der Waals surface area contributed by atoms with Crippen molar-refractivity contribution in [1.82, 2.24) is 34.1 Å². The van der Waals surface area contributed by atoms with Crippen LogP contribution in [0.25, 0.3) is 11.3 Å². The van der Waals surface area contributed by atoms with Crippen molar-refractivity contribution in [2.24, 2.45) is 9.54 Å². The summed E-state index contributed by atoms with van der Waals surface area (Å²) in [6.07, 6.45) is -6.56. The van der Waals surface area contributed by atoms with Crippen LogP contribution in [0.1, 0.15) is 49.5 Å². The molecule has 0 aromatic carbocycles. The molecule has 0 unspecified atom stereocenters. The van der Waals surface area contributed by atoms with Gasteiger partial charge < -0.3 is 4.90 Å². The Labute approximate surface area is 263 Å². The van der Waals surface area contributed by atoms with Gasteiger partial charge in [-0.05, 0) is 37.1 Å². The summed E-state index contributed by atoms with van der Waals surface area (Å²) in [5, 5.41) is 10.5. The molecule has 23 heteroatoms. The third-order valence-corrected chi connectivity index (χ3v) is 7.60. The fourth-order valence-electron chi connectivity index (χ4n) is 3.74. The molecule has 0 fully saturated rings. The Morgan fingerprint density at radius 2 is 1.22 bits per heavy atom. The number of imidazole rings is 2. The summed E-state index contributed by atoms with van der Waals surface area (Å²) in [5.74, 6) is 0. The first kappa shape index (κ1) is 38.6. The van der Waals surface area contributed by atoms with E-state index >= 15 is 0 Å². The van der Waals surface area contributed by atoms with Gasteiger partial charge in [-0.1, -0.05) is 26.7 Å². The molecular formula is C23H28ClF6N9O5S2. The maximum atomic E-state index is 13.2. The van der Waals surface area contributed by atoms with E-state index in [0.717, 1.165) is 6.34 Å². The third kappa shape index (κ3) is 9.24. The van der Waals surface area contributed by atoms with Gasteiger partial charge in [0, 0.05) is 14.1 Å². The fraction of sp³-hybridized carbons (Fsp3) is 0.435. The third-order valence-electron chi connectivity index (χ3n) is 5.46. The van der Waals surface area contributed by atoms with Crippen LogP contribution in [-0.2, 0) is 45.2 Å². The van der Waals surface area contributed by atoms with Crippen LogP contribution in [0.3, 0.4) is 0 Å². The number of fused-ring (bicyclic) bond motifs is 2. The number of hydrogen-bond donors (Lipinski definition) is 2. The number of aryl methyl sites for hydroxylation is 2. The van der Waals surface area contributed by atoms with E-state index in [1.54, 1.807) is 0 Å². The molecule has 0 aliphatic heterocycles. The van der Waals surface area contributed by atoms with Gasteiger partial charge in [0.1, 0.15) is 6.34 Å². The van der Waals surface area contributed by atoms with Crippen molar-refractivity contribution in [2.75, 3.05) is 14.1 Å².